The molecule has 0 atom stereocenters. The van der Waals surface area contributed by atoms with Crippen LogP contribution in [0.5, 0.6) is 0 Å². The summed E-state index contributed by atoms with van der Waals surface area (Å²) in [6.07, 6.45) is 1.46. The molecule has 20 heavy (non-hydrogen) atoms. The van der Waals surface area contributed by atoms with Crippen LogP contribution in [0.3, 0.4) is 0 Å². The summed E-state index contributed by atoms with van der Waals surface area (Å²) in [4.78, 5) is 11.7. The van der Waals surface area contributed by atoms with Gasteiger partial charge in [-0.15, -0.1) is 0 Å². The van der Waals surface area contributed by atoms with Gasteiger partial charge < -0.3 is 4.42 Å². The lowest BCUT2D eigenvalue weighted by molar-refractivity contribution is -0.121. The number of carbonyl (C=O) groups excluding carboxylic acids is 1. The molecule has 0 aliphatic rings. The molecule has 0 aromatic carbocycles. The van der Waals surface area contributed by atoms with Gasteiger partial charge in [-0.3, -0.25) is 9.48 Å². The van der Waals surface area contributed by atoms with Gasteiger partial charge in [0.1, 0.15) is 18.1 Å². The molecule has 106 valence electrons. The molecule has 2 aromatic rings. The molecular weight excluding hydrogens is 324 g/mol. The molecule has 2 rings (SSSR count). The van der Waals surface area contributed by atoms with E-state index in [4.69, 9.17) is 4.42 Å². The molecular formula is C13H15BrN4O2. The van der Waals surface area contributed by atoms with Gasteiger partial charge in [0.25, 0.3) is 5.91 Å². The summed E-state index contributed by atoms with van der Waals surface area (Å²) < 4.78 is 7.84. The zero-order chi connectivity index (χ0) is 14.7. The topological polar surface area (TPSA) is 72.4 Å². The first-order chi connectivity index (χ1) is 9.47. The maximum Gasteiger partial charge on any atom is 0.261 e. The minimum atomic E-state index is -0.248. The lowest BCUT2D eigenvalue weighted by Crippen LogP contribution is -2.24. The fourth-order valence-electron chi connectivity index (χ4n) is 1.69. The third-order valence-electron chi connectivity index (χ3n) is 2.73. The molecule has 0 saturated heterocycles. The van der Waals surface area contributed by atoms with E-state index in [2.05, 4.69) is 31.6 Å². The van der Waals surface area contributed by atoms with Gasteiger partial charge in [-0.1, -0.05) is 0 Å². The van der Waals surface area contributed by atoms with Crippen LogP contribution in [0.15, 0.2) is 26.1 Å². The fourth-order valence-corrected chi connectivity index (χ4v) is 1.98. The van der Waals surface area contributed by atoms with E-state index in [9.17, 15) is 4.79 Å². The third-order valence-corrected chi connectivity index (χ3v) is 3.88. The minimum absolute atomic E-state index is 0.118. The van der Waals surface area contributed by atoms with Crippen LogP contribution in [-0.4, -0.2) is 21.9 Å². The van der Waals surface area contributed by atoms with Crippen molar-refractivity contribution in [2.75, 3.05) is 0 Å². The Bertz CT molecular complexity index is 657. The summed E-state index contributed by atoms with van der Waals surface area (Å²) in [6, 6.07) is 3.61. The van der Waals surface area contributed by atoms with E-state index >= 15 is 0 Å². The molecule has 6 nitrogen and oxygen atoms in total. The quantitative estimate of drug-likeness (QED) is 0.686. The number of hydrazone groups is 1. The zero-order valence-electron chi connectivity index (χ0n) is 11.5. The van der Waals surface area contributed by atoms with Crippen molar-refractivity contribution in [3.8, 4) is 0 Å². The van der Waals surface area contributed by atoms with E-state index in [1.165, 1.54) is 6.21 Å². The van der Waals surface area contributed by atoms with Crippen molar-refractivity contribution in [1.82, 2.24) is 15.2 Å². The molecule has 0 bridgehead atoms. The molecule has 0 radical (unpaired) electrons. The Kier molecular flexibility index (Phi) is 4.39. The maximum absolute atomic E-state index is 11.7. The zero-order valence-corrected chi connectivity index (χ0v) is 13.1. The highest BCUT2D eigenvalue weighted by Crippen LogP contribution is 2.19. The molecule has 0 fully saturated rings. The predicted octanol–water partition coefficient (Wildman–Crippen LogP) is 2.31. The Morgan fingerprint density at radius 1 is 1.50 bits per heavy atom. The molecule has 0 aliphatic carbocycles. The average Bonchev–Trinajstić information content (AvgIpc) is 2.90. The second-order valence-electron chi connectivity index (χ2n) is 4.38. The van der Waals surface area contributed by atoms with E-state index in [-0.39, 0.29) is 12.5 Å². The highest BCUT2D eigenvalue weighted by atomic mass is 79.9. The number of nitrogens with one attached hydrogen (secondary N) is 1. The van der Waals surface area contributed by atoms with Crippen LogP contribution < -0.4 is 5.43 Å². The Balaban J connectivity index is 1.92. The van der Waals surface area contributed by atoms with E-state index < -0.39 is 0 Å². The molecule has 2 aromatic heterocycles. The summed E-state index contributed by atoms with van der Waals surface area (Å²) in [5.41, 5.74) is 4.20. The number of hydrogen-bond donors (Lipinski definition) is 1. The van der Waals surface area contributed by atoms with Gasteiger partial charge in [-0.2, -0.15) is 10.2 Å². The van der Waals surface area contributed by atoms with Gasteiger partial charge in [-0.25, -0.2) is 5.43 Å². The fraction of sp³-hybridized carbons (Fsp3) is 0.308. The highest BCUT2D eigenvalue weighted by Gasteiger charge is 2.11. The number of hydrogen-bond acceptors (Lipinski definition) is 4. The van der Waals surface area contributed by atoms with E-state index in [0.29, 0.717) is 5.76 Å². The van der Waals surface area contributed by atoms with Gasteiger partial charge in [-0.05, 0) is 48.8 Å². The minimum Gasteiger partial charge on any atom is -0.460 e. The molecule has 7 heteroatoms. The van der Waals surface area contributed by atoms with Crippen molar-refractivity contribution >= 4 is 28.1 Å². The standard InChI is InChI=1S/C13H15BrN4O2/c1-8-4-5-11(20-8)6-15-16-12(19)7-18-10(3)13(14)9(2)17-18/h4-6H,7H2,1-3H3,(H,16,19)/b15-6+. The Morgan fingerprint density at radius 2 is 2.25 bits per heavy atom. The van der Waals surface area contributed by atoms with Crippen molar-refractivity contribution in [3.05, 3.63) is 39.5 Å². The molecule has 0 spiro atoms. The number of amides is 1. The lowest BCUT2D eigenvalue weighted by Gasteiger charge is -2.02. The number of rotatable bonds is 4. The van der Waals surface area contributed by atoms with Crippen LogP contribution in [0, 0.1) is 20.8 Å². The molecule has 0 saturated carbocycles. The van der Waals surface area contributed by atoms with Gasteiger partial charge in [0.2, 0.25) is 0 Å². The Labute approximate surface area is 125 Å². The van der Waals surface area contributed by atoms with Gasteiger partial charge in [0.15, 0.2) is 0 Å². The number of nitrogens with zero attached hydrogens (tertiary/aromatic N) is 3. The van der Waals surface area contributed by atoms with E-state index in [0.717, 1.165) is 21.6 Å². The van der Waals surface area contributed by atoms with Crippen molar-refractivity contribution in [1.29, 1.82) is 0 Å². The largest absolute Gasteiger partial charge is 0.460 e. The molecule has 0 unspecified atom stereocenters. The lowest BCUT2D eigenvalue weighted by atomic mass is 10.4. The molecule has 0 aliphatic heterocycles. The number of furan rings is 1. The number of carbonyl (C=O) groups is 1. The second-order valence-corrected chi connectivity index (χ2v) is 5.18. The van der Waals surface area contributed by atoms with Crippen LogP contribution >= 0.6 is 15.9 Å². The number of aromatic nitrogens is 2. The normalized spacial score (nSPS) is 11.2. The van der Waals surface area contributed by atoms with Gasteiger partial charge >= 0.3 is 0 Å². The van der Waals surface area contributed by atoms with Crippen LogP contribution in [0.1, 0.15) is 22.9 Å². The third kappa shape index (κ3) is 3.36. The molecule has 1 amide bonds. The SMILES string of the molecule is Cc1ccc(/C=N/NC(=O)Cn2nc(C)c(Br)c2C)o1. The van der Waals surface area contributed by atoms with Crippen molar-refractivity contribution < 1.29 is 9.21 Å². The van der Waals surface area contributed by atoms with Crippen molar-refractivity contribution in [2.24, 2.45) is 5.10 Å². The number of aryl methyl sites for hydroxylation is 2. The summed E-state index contributed by atoms with van der Waals surface area (Å²) in [7, 11) is 0. The predicted molar refractivity (Wildman–Crippen MR) is 78.6 cm³/mol. The van der Waals surface area contributed by atoms with Crippen LogP contribution in [0.2, 0.25) is 0 Å². The van der Waals surface area contributed by atoms with Crippen LogP contribution in [-0.2, 0) is 11.3 Å². The van der Waals surface area contributed by atoms with Crippen molar-refractivity contribution in [2.45, 2.75) is 27.3 Å². The summed E-state index contributed by atoms with van der Waals surface area (Å²) in [5.74, 6) is 1.14. The first-order valence-electron chi connectivity index (χ1n) is 6.05. The molecule has 2 heterocycles. The maximum atomic E-state index is 11.7. The smallest absolute Gasteiger partial charge is 0.261 e. The summed E-state index contributed by atoms with van der Waals surface area (Å²) >= 11 is 3.42. The first kappa shape index (κ1) is 14.5. The summed E-state index contributed by atoms with van der Waals surface area (Å²) in [6.45, 7) is 5.73. The number of halogens is 1. The van der Waals surface area contributed by atoms with Crippen LogP contribution in [0.25, 0.3) is 0 Å². The molecule has 1 N–H and O–H groups in total. The first-order valence-corrected chi connectivity index (χ1v) is 6.84. The van der Waals surface area contributed by atoms with Gasteiger partial charge in [0, 0.05) is 0 Å². The Morgan fingerprint density at radius 3 is 2.80 bits per heavy atom. The monoisotopic (exact) mass is 338 g/mol. The average molecular weight is 339 g/mol. The highest BCUT2D eigenvalue weighted by molar-refractivity contribution is 9.10. The van der Waals surface area contributed by atoms with Crippen molar-refractivity contribution in [3.63, 3.8) is 0 Å². The summed E-state index contributed by atoms with van der Waals surface area (Å²) in [5, 5.41) is 8.10. The van der Waals surface area contributed by atoms with Gasteiger partial charge in [0.05, 0.1) is 22.1 Å². The van der Waals surface area contributed by atoms with E-state index in [1.807, 2.05) is 26.8 Å². The Hall–Kier alpha value is -1.89. The van der Waals surface area contributed by atoms with E-state index in [1.54, 1.807) is 10.7 Å². The second kappa shape index (κ2) is 6.04. The van der Waals surface area contributed by atoms with Crippen LogP contribution in [0.4, 0.5) is 0 Å².